The molecule has 1 aromatic carbocycles. The third kappa shape index (κ3) is 2.25. The van der Waals surface area contributed by atoms with Crippen LogP contribution >= 0.6 is 11.3 Å². The third-order valence-electron chi connectivity index (χ3n) is 2.55. The van der Waals surface area contributed by atoms with Crippen LogP contribution in [0.25, 0.3) is 0 Å². The summed E-state index contributed by atoms with van der Waals surface area (Å²) in [5.74, 6) is 1.69. The molecule has 0 fully saturated rings. The van der Waals surface area contributed by atoms with Gasteiger partial charge in [0.05, 0.1) is 0 Å². The van der Waals surface area contributed by atoms with E-state index in [1.54, 1.807) is 11.3 Å². The number of aromatic nitrogens is 1. The normalized spacial score (nSPS) is 12.9. The molecule has 0 saturated carbocycles. The Balaban J connectivity index is 1.64. The molecule has 0 unspecified atom stereocenters. The van der Waals surface area contributed by atoms with Crippen molar-refractivity contribution in [2.45, 2.75) is 13.1 Å². The van der Waals surface area contributed by atoms with Crippen molar-refractivity contribution in [2.75, 3.05) is 6.79 Å². The highest BCUT2D eigenvalue weighted by Gasteiger charge is 2.16. The molecular formula is C12H12N2O2S. The summed E-state index contributed by atoms with van der Waals surface area (Å²) < 4.78 is 10.8. The Morgan fingerprint density at radius 1 is 1.29 bits per heavy atom. The van der Waals surface area contributed by atoms with Crippen molar-refractivity contribution in [3.05, 3.63) is 40.3 Å². The lowest BCUT2D eigenvalue weighted by atomic mass is 10.2. The number of hydrogen-bond acceptors (Lipinski definition) is 5. The van der Waals surface area contributed by atoms with Gasteiger partial charge in [-0.15, -0.1) is 11.3 Å². The van der Waals surface area contributed by atoms with Crippen molar-refractivity contribution < 1.29 is 9.47 Å². The van der Waals surface area contributed by atoms with Gasteiger partial charge in [-0.3, -0.25) is 0 Å². The number of nitrogens with one attached hydrogen (secondary N) is 1. The van der Waals surface area contributed by atoms with Crippen molar-refractivity contribution in [1.29, 1.82) is 0 Å². The SMILES string of the molecule is c1cc(CNCc2nccs2)c2c(c1)OCO2. The van der Waals surface area contributed by atoms with Crippen LogP contribution in [0.1, 0.15) is 10.6 Å². The lowest BCUT2D eigenvalue weighted by Gasteiger charge is -2.06. The first-order valence-electron chi connectivity index (χ1n) is 5.40. The Bertz CT molecular complexity index is 499. The lowest BCUT2D eigenvalue weighted by Crippen LogP contribution is -2.12. The minimum Gasteiger partial charge on any atom is -0.454 e. The van der Waals surface area contributed by atoms with Gasteiger partial charge in [0.25, 0.3) is 0 Å². The average Bonchev–Trinajstić information content (AvgIpc) is 2.99. The number of para-hydroxylation sites is 1. The van der Waals surface area contributed by atoms with Gasteiger partial charge in [0.1, 0.15) is 5.01 Å². The zero-order valence-electron chi connectivity index (χ0n) is 9.18. The highest BCUT2D eigenvalue weighted by atomic mass is 32.1. The number of ether oxygens (including phenoxy) is 2. The summed E-state index contributed by atoms with van der Waals surface area (Å²) in [7, 11) is 0. The molecule has 3 rings (SSSR count). The summed E-state index contributed by atoms with van der Waals surface area (Å²) in [5, 5.41) is 6.42. The monoisotopic (exact) mass is 248 g/mol. The summed E-state index contributed by atoms with van der Waals surface area (Å²) >= 11 is 1.65. The van der Waals surface area contributed by atoms with Crippen LogP contribution in [-0.2, 0) is 13.1 Å². The molecule has 1 aliphatic heterocycles. The quantitative estimate of drug-likeness (QED) is 0.900. The minimum absolute atomic E-state index is 0.318. The largest absolute Gasteiger partial charge is 0.454 e. The van der Waals surface area contributed by atoms with E-state index in [1.165, 1.54) is 0 Å². The van der Waals surface area contributed by atoms with E-state index in [2.05, 4.69) is 10.3 Å². The van der Waals surface area contributed by atoms with Gasteiger partial charge in [0.15, 0.2) is 11.5 Å². The maximum atomic E-state index is 5.44. The maximum absolute atomic E-state index is 5.44. The van der Waals surface area contributed by atoms with Crippen molar-refractivity contribution in [1.82, 2.24) is 10.3 Å². The third-order valence-corrected chi connectivity index (χ3v) is 3.33. The number of fused-ring (bicyclic) bond motifs is 1. The molecular weight excluding hydrogens is 236 g/mol. The maximum Gasteiger partial charge on any atom is 0.231 e. The topological polar surface area (TPSA) is 43.4 Å². The summed E-state index contributed by atoms with van der Waals surface area (Å²) in [6, 6.07) is 5.95. The predicted octanol–water partition coefficient (Wildman–Crippen LogP) is 2.16. The van der Waals surface area contributed by atoms with Gasteiger partial charge < -0.3 is 14.8 Å². The molecule has 0 aliphatic carbocycles. The van der Waals surface area contributed by atoms with Crippen molar-refractivity contribution in [2.24, 2.45) is 0 Å². The first-order valence-corrected chi connectivity index (χ1v) is 6.28. The van der Waals surface area contributed by atoms with Crippen LogP contribution in [-0.4, -0.2) is 11.8 Å². The van der Waals surface area contributed by atoms with Crippen LogP contribution in [0.3, 0.4) is 0 Å². The first kappa shape index (κ1) is 10.6. The van der Waals surface area contributed by atoms with Gasteiger partial charge in [-0.05, 0) is 6.07 Å². The van der Waals surface area contributed by atoms with Gasteiger partial charge >= 0.3 is 0 Å². The van der Waals surface area contributed by atoms with E-state index in [-0.39, 0.29) is 0 Å². The van der Waals surface area contributed by atoms with E-state index >= 15 is 0 Å². The Hall–Kier alpha value is -1.59. The van der Waals surface area contributed by atoms with E-state index in [0.29, 0.717) is 6.79 Å². The van der Waals surface area contributed by atoms with Crippen LogP contribution in [0.4, 0.5) is 0 Å². The van der Waals surface area contributed by atoms with E-state index < -0.39 is 0 Å². The standard InChI is InChI=1S/C12H12N2O2S/c1-2-9(12-10(3-1)15-8-16-12)6-13-7-11-14-4-5-17-11/h1-5,13H,6-8H2. The molecule has 2 heterocycles. The fourth-order valence-corrected chi connectivity index (χ4v) is 2.36. The van der Waals surface area contributed by atoms with E-state index in [4.69, 9.17) is 9.47 Å². The fourth-order valence-electron chi connectivity index (χ4n) is 1.77. The summed E-state index contributed by atoms with van der Waals surface area (Å²) in [4.78, 5) is 4.22. The van der Waals surface area contributed by atoms with Gasteiger partial charge in [-0.1, -0.05) is 12.1 Å². The molecule has 4 nitrogen and oxygen atoms in total. The molecule has 0 radical (unpaired) electrons. The summed E-state index contributed by atoms with van der Waals surface area (Å²) in [6.07, 6.45) is 1.82. The molecule has 1 N–H and O–H groups in total. The number of rotatable bonds is 4. The molecule has 0 saturated heterocycles. The zero-order chi connectivity index (χ0) is 11.5. The molecule has 0 bridgehead atoms. The highest BCUT2D eigenvalue weighted by molar-refractivity contribution is 7.09. The Labute approximate surface area is 103 Å². The van der Waals surface area contributed by atoms with E-state index in [9.17, 15) is 0 Å². The molecule has 0 spiro atoms. The Morgan fingerprint density at radius 2 is 2.29 bits per heavy atom. The second-order valence-corrected chi connectivity index (χ2v) is 4.66. The summed E-state index contributed by atoms with van der Waals surface area (Å²) in [6.45, 7) is 1.85. The molecule has 5 heteroatoms. The minimum atomic E-state index is 0.318. The molecule has 1 aromatic heterocycles. The van der Waals surface area contributed by atoms with Crippen LogP contribution in [0.2, 0.25) is 0 Å². The van der Waals surface area contributed by atoms with Crippen LogP contribution in [0.15, 0.2) is 29.8 Å². The lowest BCUT2D eigenvalue weighted by molar-refractivity contribution is 0.173. The predicted molar refractivity (Wildman–Crippen MR) is 65.2 cm³/mol. The number of hydrogen-bond donors (Lipinski definition) is 1. The van der Waals surface area contributed by atoms with Crippen molar-refractivity contribution in [3.8, 4) is 11.5 Å². The van der Waals surface area contributed by atoms with Gasteiger partial charge in [-0.25, -0.2) is 4.98 Å². The van der Waals surface area contributed by atoms with Crippen LogP contribution in [0.5, 0.6) is 11.5 Å². The Kier molecular flexibility index (Phi) is 2.94. The van der Waals surface area contributed by atoms with E-state index in [0.717, 1.165) is 35.2 Å². The molecule has 0 amide bonds. The molecule has 88 valence electrons. The van der Waals surface area contributed by atoms with Crippen molar-refractivity contribution >= 4 is 11.3 Å². The van der Waals surface area contributed by atoms with E-state index in [1.807, 2.05) is 29.8 Å². The molecule has 2 aromatic rings. The highest BCUT2D eigenvalue weighted by Crippen LogP contribution is 2.35. The Morgan fingerprint density at radius 3 is 3.18 bits per heavy atom. The van der Waals surface area contributed by atoms with Gasteiger partial charge in [0, 0.05) is 30.2 Å². The summed E-state index contributed by atoms with van der Waals surface area (Å²) in [5.41, 5.74) is 1.12. The van der Waals surface area contributed by atoms with Crippen molar-refractivity contribution in [3.63, 3.8) is 0 Å². The molecule has 1 aliphatic rings. The zero-order valence-corrected chi connectivity index (χ0v) is 10.00. The fraction of sp³-hybridized carbons (Fsp3) is 0.250. The smallest absolute Gasteiger partial charge is 0.231 e. The van der Waals surface area contributed by atoms with Crippen LogP contribution in [0, 0.1) is 0 Å². The van der Waals surface area contributed by atoms with Gasteiger partial charge in [0.2, 0.25) is 6.79 Å². The first-order chi connectivity index (χ1) is 8.43. The molecule has 17 heavy (non-hydrogen) atoms. The number of nitrogens with zero attached hydrogens (tertiary/aromatic N) is 1. The average molecular weight is 248 g/mol. The molecule has 0 atom stereocenters. The van der Waals surface area contributed by atoms with Crippen LogP contribution < -0.4 is 14.8 Å². The number of benzene rings is 1. The second kappa shape index (κ2) is 4.73. The number of thiazole rings is 1. The van der Waals surface area contributed by atoms with Gasteiger partial charge in [-0.2, -0.15) is 0 Å². The second-order valence-electron chi connectivity index (χ2n) is 3.68.